The number of nitrogens with one attached hydrogen (secondary N) is 2. The molecule has 0 bridgehead atoms. The van der Waals surface area contributed by atoms with Crippen molar-refractivity contribution < 1.29 is 19.1 Å². The van der Waals surface area contributed by atoms with Gasteiger partial charge in [0.15, 0.2) is 0 Å². The predicted molar refractivity (Wildman–Crippen MR) is 101 cm³/mol. The second-order valence-electron chi connectivity index (χ2n) is 7.53. The maximum Gasteiger partial charge on any atom is 0.408 e. The molecule has 27 heavy (non-hydrogen) atoms. The number of rotatable bonds is 10. The number of alkyl carbamates (subject to hydrolysis) is 1. The zero-order valence-electron chi connectivity index (χ0n) is 15.9. The molecule has 7 nitrogen and oxygen atoms in total. The normalized spacial score (nSPS) is 15.7. The van der Waals surface area contributed by atoms with Crippen LogP contribution in [0.5, 0.6) is 0 Å². The topological polar surface area (TPSA) is 111 Å². The summed E-state index contributed by atoms with van der Waals surface area (Å²) in [5, 5.41) is 5.29. The molecule has 0 spiro atoms. The average Bonchev–Trinajstić information content (AvgIpc) is 3.43. The van der Waals surface area contributed by atoms with Gasteiger partial charge in [0.25, 0.3) is 0 Å². The summed E-state index contributed by atoms with van der Waals surface area (Å²) in [6.07, 6.45) is 2.42. The molecule has 0 aliphatic heterocycles. The van der Waals surface area contributed by atoms with Crippen LogP contribution in [-0.4, -0.2) is 30.0 Å². The second-order valence-corrected chi connectivity index (χ2v) is 7.53. The monoisotopic (exact) mass is 375 g/mol. The van der Waals surface area contributed by atoms with Crippen molar-refractivity contribution in [2.24, 2.45) is 17.6 Å². The Balaban J connectivity index is 1.90. The maximum absolute atomic E-state index is 12.6. The van der Waals surface area contributed by atoms with Crippen molar-refractivity contribution in [2.75, 3.05) is 0 Å². The van der Waals surface area contributed by atoms with E-state index in [9.17, 15) is 14.4 Å². The quantitative estimate of drug-likeness (QED) is 0.581. The number of primary amides is 1. The third kappa shape index (κ3) is 7.68. The molecular formula is C20H29N3O4. The molecule has 0 radical (unpaired) electrons. The first-order valence-electron chi connectivity index (χ1n) is 9.42. The van der Waals surface area contributed by atoms with Crippen LogP contribution in [-0.2, 0) is 20.9 Å². The number of hydrogen-bond acceptors (Lipinski definition) is 4. The van der Waals surface area contributed by atoms with Crippen molar-refractivity contribution in [3.8, 4) is 0 Å². The van der Waals surface area contributed by atoms with Crippen molar-refractivity contribution in [1.82, 2.24) is 10.6 Å². The van der Waals surface area contributed by atoms with Crippen LogP contribution in [0.3, 0.4) is 0 Å². The van der Waals surface area contributed by atoms with E-state index in [4.69, 9.17) is 10.5 Å². The molecule has 3 amide bonds. The van der Waals surface area contributed by atoms with Crippen LogP contribution in [0.15, 0.2) is 30.3 Å². The van der Waals surface area contributed by atoms with Gasteiger partial charge < -0.3 is 21.1 Å². The van der Waals surface area contributed by atoms with Gasteiger partial charge in [-0.3, -0.25) is 9.59 Å². The molecule has 1 aromatic carbocycles. The average molecular weight is 375 g/mol. The Bertz CT molecular complexity index is 644. The fourth-order valence-corrected chi connectivity index (χ4v) is 2.82. The van der Waals surface area contributed by atoms with Gasteiger partial charge in [0, 0.05) is 0 Å². The lowest BCUT2D eigenvalue weighted by Crippen LogP contribution is -2.53. The first-order valence-corrected chi connectivity index (χ1v) is 9.42. The summed E-state index contributed by atoms with van der Waals surface area (Å²) in [7, 11) is 0. The van der Waals surface area contributed by atoms with E-state index in [0.717, 1.165) is 18.4 Å². The zero-order chi connectivity index (χ0) is 19.8. The molecule has 2 rings (SSSR count). The summed E-state index contributed by atoms with van der Waals surface area (Å²) in [6, 6.07) is 7.80. The standard InChI is InChI=1S/C20H29N3O4/c1-13(2)10-17(19(25)22-16(18(21)24)11-14-8-9-14)23-20(26)27-12-15-6-4-3-5-7-15/h3-7,13-14,16-17H,8-12H2,1-2H3,(H2,21,24)(H,22,25)(H,23,26)/t16-,17-/m0/s1. The summed E-state index contributed by atoms with van der Waals surface area (Å²) in [6.45, 7) is 4.02. The number of nitrogens with two attached hydrogens (primary N) is 1. The van der Waals surface area contributed by atoms with Crippen molar-refractivity contribution in [2.45, 2.75) is 58.2 Å². The number of carbonyl (C=O) groups excluding carboxylic acids is 3. The Labute approximate surface area is 160 Å². The highest BCUT2D eigenvalue weighted by Gasteiger charge is 2.31. The Morgan fingerprint density at radius 1 is 1.11 bits per heavy atom. The van der Waals surface area contributed by atoms with Crippen molar-refractivity contribution in [1.29, 1.82) is 0 Å². The molecule has 1 saturated carbocycles. The van der Waals surface area contributed by atoms with Crippen molar-refractivity contribution in [3.05, 3.63) is 35.9 Å². The lowest BCUT2D eigenvalue weighted by molar-refractivity contribution is -0.129. The lowest BCUT2D eigenvalue weighted by atomic mass is 10.0. The highest BCUT2D eigenvalue weighted by Crippen LogP contribution is 2.33. The van der Waals surface area contributed by atoms with Crippen LogP contribution in [0.4, 0.5) is 4.79 Å². The van der Waals surface area contributed by atoms with Gasteiger partial charge in [-0.15, -0.1) is 0 Å². The minimum atomic E-state index is -0.783. The smallest absolute Gasteiger partial charge is 0.408 e. The summed E-state index contributed by atoms with van der Waals surface area (Å²) in [4.78, 5) is 36.4. The van der Waals surface area contributed by atoms with E-state index in [1.165, 1.54) is 0 Å². The molecule has 1 fully saturated rings. The fourth-order valence-electron chi connectivity index (χ4n) is 2.82. The predicted octanol–water partition coefficient (Wildman–Crippen LogP) is 2.10. The van der Waals surface area contributed by atoms with Crippen molar-refractivity contribution >= 4 is 17.9 Å². The highest BCUT2D eigenvalue weighted by atomic mass is 16.5. The number of benzene rings is 1. The van der Waals surface area contributed by atoms with Crippen LogP contribution in [0.25, 0.3) is 0 Å². The molecule has 1 aromatic rings. The number of carbonyl (C=O) groups is 3. The summed E-state index contributed by atoms with van der Waals surface area (Å²) < 4.78 is 5.20. The van der Waals surface area contributed by atoms with Gasteiger partial charge >= 0.3 is 6.09 Å². The van der Waals surface area contributed by atoms with Gasteiger partial charge in [-0.05, 0) is 30.2 Å². The lowest BCUT2D eigenvalue weighted by Gasteiger charge is -2.23. The van der Waals surface area contributed by atoms with E-state index in [1.807, 2.05) is 44.2 Å². The van der Waals surface area contributed by atoms with Gasteiger partial charge in [-0.1, -0.05) is 57.0 Å². The number of amides is 3. The van der Waals surface area contributed by atoms with E-state index >= 15 is 0 Å². The van der Waals surface area contributed by atoms with E-state index in [1.54, 1.807) is 0 Å². The molecule has 7 heteroatoms. The van der Waals surface area contributed by atoms with Gasteiger partial charge in [-0.25, -0.2) is 4.79 Å². The summed E-state index contributed by atoms with van der Waals surface area (Å²) >= 11 is 0. The number of hydrogen-bond donors (Lipinski definition) is 3. The van der Waals surface area contributed by atoms with Crippen LogP contribution in [0, 0.1) is 11.8 Å². The Hall–Kier alpha value is -2.57. The molecule has 0 aromatic heterocycles. The van der Waals surface area contributed by atoms with Crippen LogP contribution < -0.4 is 16.4 Å². The molecule has 4 N–H and O–H groups in total. The van der Waals surface area contributed by atoms with Crippen molar-refractivity contribution in [3.63, 3.8) is 0 Å². The minimum Gasteiger partial charge on any atom is -0.445 e. The molecule has 2 atom stereocenters. The SMILES string of the molecule is CC(C)C[C@H](NC(=O)OCc1ccccc1)C(=O)N[C@@H](CC1CC1)C(N)=O. The third-order valence-corrected chi connectivity index (χ3v) is 4.45. The van der Waals surface area contributed by atoms with Crippen LogP contribution in [0.2, 0.25) is 0 Å². The van der Waals surface area contributed by atoms with E-state index in [0.29, 0.717) is 18.8 Å². The first-order chi connectivity index (χ1) is 12.8. The molecule has 1 aliphatic carbocycles. The van der Waals surface area contributed by atoms with Gasteiger partial charge in [0.2, 0.25) is 11.8 Å². The minimum absolute atomic E-state index is 0.119. The third-order valence-electron chi connectivity index (χ3n) is 4.45. The Morgan fingerprint density at radius 3 is 2.33 bits per heavy atom. The largest absolute Gasteiger partial charge is 0.445 e. The van der Waals surface area contributed by atoms with Gasteiger partial charge in [-0.2, -0.15) is 0 Å². The van der Waals surface area contributed by atoms with E-state index < -0.39 is 30.0 Å². The molecule has 148 valence electrons. The van der Waals surface area contributed by atoms with Gasteiger partial charge in [0.1, 0.15) is 18.7 Å². The molecule has 0 heterocycles. The van der Waals surface area contributed by atoms with Crippen LogP contribution >= 0.6 is 0 Å². The van der Waals surface area contributed by atoms with Gasteiger partial charge in [0.05, 0.1) is 0 Å². The summed E-state index contributed by atoms with van der Waals surface area (Å²) in [5.74, 6) is -0.351. The molecule has 1 aliphatic rings. The van der Waals surface area contributed by atoms with Crippen LogP contribution in [0.1, 0.15) is 45.1 Å². The van der Waals surface area contributed by atoms with E-state index in [2.05, 4.69) is 10.6 Å². The zero-order valence-corrected chi connectivity index (χ0v) is 15.9. The Kier molecular flexibility index (Phi) is 7.64. The van der Waals surface area contributed by atoms with E-state index in [-0.39, 0.29) is 12.5 Å². The number of ether oxygens (including phenoxy) is 1. The maximum atomic E-state index is 12.6. The summed E-state index contributed by atoms with van der Waals surface area (Å²) in [5.41, 5.74) is 6.27. The molecule has 0 saturated heterocycles. The Morgan fingerprint density at radius 2 is 1.78 bits per heavy atom. The fraction of sp³-hybridized carbons (Fsp3) is 0.550. The first kappa shape index (κ1) is 20.7. The molecular weight excluding hydrogens is 346 g/mol. The molecule has 0 unspecified atom stereocenters. The second kappa shape index (κ2) is 9.94. The highest BCUT2D eigenvalue weighted by molar-refractivity contribution is 5.90.